The first kappa shape index (κ1) is 22.6. The Balaban J connectivity index is 1.43. The first-order valence-corrected chi connectivity index (χ1v) is 11.1. The number of carbonyl (C=O) groups is 2. The van der Waals surface area contributed by atoms with Gasteiger partial charge in [0.25, 0.3) is 5.91 Å². The molecule has 1 heterocycles. The summed E-state index contributed by atoms with van der Waals surface area (Å²) in [4.78, 5) is 26.7. The van der Waals surface area contributed by atoms with Crippen LogP contribution >= 0.6 is 0 Å². The average Bonchev–Trinajstić information content (AvgIpc) is 3.28. The molecule has 7 heteroatoms. The second kappa shape index (κ2) is 10.3. The summed E-state index contributed by atoms with van der Waals surface area (Å²) in [6, 6.07) is 16.6. The molecule has 7 nitrogen and oxygen atoms in total. The SMILES string of the molecule is COc1cc(C(C)=O)ccc1OCc1cc(C(=O)N(Cc2ccccc2)CC2CCC2)no1. The number of aromatic nitrogens is 1. The zero-order valence-electron chi connectivity index (χ0n) is 19.0. The Kier molecular flexibility index (Phi) is 7.07. The van der Waals surface area contributed by atoms with Crippen LogP contribution in [0.4, 0.5) is 0 Å². The van der Waals surface area contributed by atoms with Gasteiger partial charge in [0.1, 0.15) is 6.61 Å². The number of ketones is 1. The summed E-state index contributed by atoms with van der Waals surface area (Å²) in [5.74, 6) is 1.69. The highest BCUT2D eigenvalue weighted by atomic mass is 16.5. The van der Waals surface area contributed by atoms with E-state index in [9.17, 15) is 9.59 Å². The molecule has 0 N–H and O–H groups in total. The lowest BCUT2D eigenvalue weighted by atomic mass is 9.85. The van der Waals surface area contributed by atoms with E-state index in [0.29, 0.717) is 41.8 Å². The zero-order valence-corrected chi connectivity index (χ0v) is 19.0. The van der Waals surface area contributed by atoms with Gasteiger partial charge in [-0.2, -0.15) is 0 Å². The molecule has 0 radical (unpaired) electrons. The average molecular weight is 449 g/mol. The van der Waals surface area contributed by atoms with Crippen molar-refractivity contribution in [1.29, 1.82) is 0 Å². The molecular formula is C26H28N2O5. The molecule has 172 valence electrons. The number of rotatable bonds is 10. The van der Waals surface area contributed by atoms with E-state index in [1.54, 1.807) is 24.3 Å². The van der Waals surface area contributed by atoms with Crippen molar-refractivity contribution in [2.75, 3.05) is 13.7 Å². The summed E-state index contributed by atoms with van der Waals surface area (Å²) >= 11 is 0. The van der Waals surface area contributed by atoms with Crippen LogP contribution in [0.1, 0.15) is 58.4 Å². The highest BCUT2D eigenvalue weighted by Gasteiger charge is 2.26. The summed E-state index contributed by atoms with van der Waals surface area (Å²) < 4.78 is 16.5. The van der Waals surface area contributed by atoms with Gasteiger partial charge in [0.2, 0.25) is 0 Å². The molecule has 1 aliphatic rings. The molecule has 33 heavy (non-hydrogen) atoms. The molecule has 0 atom stereocenters. The third kappa shape index (κ3) is 5.61. The number of methoxy groups -OCH3 is 1. The van der Waals surface area contributed by atoms with E-state index in [4.69, 9.17) is 14.0 Å². The highest BCUT2D eigenvalue weighted by Crippen LogP contribution is 2.30. The van der Waals surface area contributed by atoms with E-state index in [1.165, 1.54) is 20.5 Å². The number of ether oxygens (including phenoxy) is 2. The van der Waals surface area contributed by atoms with Crippen LogP contribution in [0.5, 0.6) is 11.5 Å². The fourth-order valence-corrected chi connectivity index (χ4v) is 3.81. The maximum absolute atomic E-state index is 13.2. The minimum absolute atomic E-state index is 0.0554. The van der Waals surface area contributed by atoms with Gasteiger partial charge in [0, 0.05) is 24.7 Å². The van der Waals surface area contributed by atoms with Crippen LogP contribution in [0.15, 0.2) is 59.1 Å². The second-order valence-corrected chi connectivity index (χ2v) is 8.36. The Morgan fingerprint density at radius 1 is 1.09 bits per heavy atom. The van der Waals surface area contributed by atoms with Gasteiger partial charge in [-0.15, -0.1) is 0 Å². The van der Waals surface area contributed by atoms with Crippen LogP contribution in [-0.4, -0.2) is 35.4 Å². The smallest absolute Gasteiger partial charge is 0.276 e. The van der Waals surface area contributed by atoms with Gasteiger partial charge in [-0.25, -0.2) is 0 Å². The number of amides is 1. The molecule has 4 rings (SSSR count). The van der Waals surface area contributed by atoms with Crippen LogP contribution in [0.25, 0.3) is 0 Å². The molecule has 0 unspecified atom stereocenters. The molecular weight excluding hydrogens is 420 g/mol. The van der Waals surface area contributed by atoms with Crippen molar-refractivity contribution in [3.63, 3.8) is 0 Å². The summed E-state index contributed by atoms with van der Waals surface area (Å²) in [7, 11) is 1.51. The van der Waals surface area contributed by atoms with Crippen molar-refractivity contribution in [2.45, 2.75) is 39.3 Å². The lowest BCUT2D eigenvalue weighted by Crippen LogP contribution is -2.37. The number of benzene rings is 2. The minimum atomic E-state index is -0.149. The number of Topliss-reactive ketones (excluding diaryl/α,β-unsaturated/α-hetero) is 1. The molecule has 0 saturated heterocycles. The van der Waals surface area contributed by atoms with Crippen molar-refractivity contribution in [3.8, 4) is 11.5 Å². The molecule has 2 aromatic carbocycles. The molecule has 3 aromatic rings. The first-order valence-electron chi connectivity index (χ1n) is 11.1. The minimum Gasteiger partial charge on any atom is -0.493 e. The third-order valence-corrected chi connectivity index (χ3v) is 5.92. The quantitative estimate of drug-likeness (QED) is 0.410. The Hall–Kier alpha value is -3.61. The summed E-state index contributed by atoms with van der Waals surface area (Å²) in [5.41, 5.74) is 1.89. The Morgan fingerprint density at radius 3 is 2.55 bits per heavy atom. The van der Waals surface area contributed by atoms with Crippen molar-refractivity contribution in [2.24, 2.45) is 5.92 Å². The van der Waals surface area contributed by atoms with Gasteiger partial charge in [-0.1, -0.05) is 41.9 Å². The van der Waals surface area contributed by atoms with E-state index in [0.717, 1.165) is 18.4 Å². The fourth-order valence-electron chi connectivity index (χ4n) is 3.81. The largest absolute Gasteiger partial charge is 0.493 e. The summed E-state index contributed by atoms with van der Waals surface area (Å²) in [6.45, 7) is 2.83. The molecule has 0 aliphatic heterocycles. The fraction of sp³-hybridized carbons (Fsp3) is 0.346. The topological polar surface area (TPSA) is 81.9 Å². The van der Waals surface area contributed by atoms with Gasteiger partial charge < -0.3 is 18.9 Å². The van der Waals surface area contributed by atoms with Gasteiger partial charge in [0.15, 0.2) is 28.7 Å². The third-order valence-electron chi connectivity index (χ3n) is 5.92. The van der Waals surface area contributed by atoms with Gasteiger partial charge in [-0.05, 0) is 49.4 Å². The summed E-state index contributed by atoms with van der Waals surface area (Å²) in [5, 5.41) is 4.00. The highest BCUT2D eigenvalue weighted by molar-refractivity contribution is 5.94. The molecule has 1 aromatic heterocycles. The number of hydrogen-bond acceptors (Lipinski definition) is 6. The normalized spacial score (nSPS) is 13.3. The predicted octanol–water partition coefficient (Wildman–Crippen LogP) is 4.91. The maximum atomic E-state index is 13.2. The lowest BCUT2D eigenvalue weighted by Gasteiger charge is -2.32. The monoisotopic (exact) mass is 448 g/mol. The standard InChI is InChI=1S/C26H28N2O5/c1-18(29)21-11-12-24(25(13-21)31-2)32-17-22-14-23(27-33-22)26(30)28(16-20-9-6-10-20)15-19-7-4-3-5-8-19/h3-5,7-8,11-14,20H,6,9-10,15-17H2,1-2H3. The molecule has 1 fully saturated rings. The van der Waals surface area contributed by atoms with Crippen LogP contribution < -0.4 is 9.47 Å². The van der Waals surface area contributed by atoms with E-state index < -0.39 is 0 Å². The van der Waals surface area contributed by atoms with Crippen molar-refractivity contribution < 1.29 is 23.6 Å². The van der Waals surface area contributed by atoms with Gasteiger partial charge in [0.05, 0.1) is 7.11 Å². The molecule has 1 aliphatic carbocycles. The molecule has 0 bridgehead atoms. The number of nitrogens with zero attached hydrogens (tertiary/aromatic N) is 2. The zero-order chi connectivity index (χ0) is 23.2. The maximum Gasteiger partial charge on any atom is 0.276 e. The first-order chi connectivity index (χ1) is 16.0. The van der Waals surface area contributed by atoms with Crippen LogP contribution in [0.2, 0.25) is 0 Å². The van der Waals surface area contributed by atoms with Crippen LogP contribution in [0, 0.1) is 5.92 Å². The second-order valence-electron chi connectivity index (χ2n) is 8.36. The van der Waals surface area contributed by atoms with Crippen molar-refractivity contribution in [1.82, 2.24) is 10.1 Å². The van der Waals surface area contributed by atoms with Crippen molar-refractivity contribution >= 4 is 11.7 Å². The van der Waals surface area contributed by atoms with Gasteiger partial charge >= 0.3 is 0 Å². The van der Waals surface area contributed by atoms with E-state index in [2.05, 4.69) is 5.16 Å². The Labute approximate surface area is 193 Å². The number of hydrogen-bond donors (Lipinski definition) is 0. The lowest BCUT2D eigenvalue weighted by molar-refractivity contribution is 0.0669. The Bertz CT molecular complexity index is 1100. The number of carbonyl (C=O) groups excluding carboxylic acids is 2. The Morgan fingerprint density at radius 2 is 1.88 bits per heavy atom. The van der Waals surface area contributed by atoms with Crippen LogP contribution in [-0.2, 0) is 13.2 Å². The molecule has 0 spiro atoms. The van der Waals surface area contributed by atoms with Crippen LogP contribution in [0.3, 0.4) is 0 Å². The van der Waals surface area contributed by atoms with Crippen molar-refractivity contribution in [3.05, 3.63) is 77.2 Å². The van der Waals surface area contributed by atoms with Gasteiger partial charge in [-0.3, -0.25) is 9.59 Å². The van der Waals surface area contributed by atoms with E-state index in [1.807, 2.05) is 35.2 Å². The van der Waals surface area contributed by atoms with E-state index in [-0.39, 0.29) is 24.0 Å². The molecule has 1 amide bonds. The summed E-state index contributed by atoms with van der Waals surface area (Å²) in [6.07, 6.45) is 3.53. The van der Waals surface area contributed by atoms with E-state index >= 15 is 0 Å². The molecule has 1 saturated carbocycles. The predicted molar refractivity (Wildman–Crippen MR) is 122 cm³/mol.